The monoisotopic (exact) mass is 537 g/mol. The van der Waals surface area contributed by atoms with E-state index in [2.05, 4.69) is 17.5 Å². The minimum absolute atomic E-state index is 0.0209. The number of benzene rings is 3. The maximum Gasteiger partial charge on any atom is 0.255 e. The van der Waals surface area contributed by atoms with Crippen molar-refractivity contribution in [1.29, 1.82) is 0 Å². The minimum atomic E-state index is -4.08. The predicted molar refractivity (Wildman–Crippen MR) is 137 cm³/mol. The van der Waals surface area contributed by atoms with Gasteiger partial charge in [-0.15, -0.1) is 0 Å². The molecule has 1 amide bonds. The topological polar surface area (TPSA) is 78.8 Å². The number of sulfonamides is 1. The van der Waals surface area contributed by atoms with E-state index in [4.69, 9.17) is 34.8 Å². The molecule has 0 spiro atoms. The molecule has 3 rings (SSSR count). The highest BCUT2D eigenvalue weighted by molar-refractivity contribution is 7.89. The first-order valence-electron chi connectivity index (χ1n) is 10.3. The summed E-state index contributed by atoms with van der Waals surface area (Å²) < 4.78 is 27.7. The Bertz CT molecular complexity index is 1260. The molecule has 0 aromatic heterocycles. The van der Waals surface area contributed by atoms with Crippen LogP contribution in [-0.4, -0.2) is 31.4 Å². The first kappa shape index (κ1) is 26.2. The zero-order valence-corrected chi connectivity index (χ0v) is 21.3. The molecule has 1 N–H and O–H groups in total. The average Bonchev–Trinajstić information content (AvgIpc) is 2.81. The largest absolute Gasteiger partial charge is 0.272 e. The number of nitrogens with zero attached hydrogens (tertiary/aromatic N) is 2. The lowest BCUT2D eigenvalue weighted by Crippen LogP contribution is -2.39. The lowest BCUT2D eigenvalue weighted by molar-refractivity contribution is -0.121. The van der Waals surface area contributed by atoms with E-state index >= 15 is 0 Å². The van der Waals surface area contributed by atoms with Crippen LogP contribution in [0.4, 0.5) is 0 Å². The zero-order chi connectivity index (χ0) is 24.7. The third kappa shape index (κ3) is 6.81. The molecule has 0 aliphatic carbocycles. The van der Waals surface area contributed by atoms with Crippen molar-refractivity contribution in [3.05, 3.63) is 98.5 Å². The molecular weight excluding hydrogens is 517 g/mol. The fourth-order valence-corrected chi connectivity index (χ4v) is 5.06. The summed E-state index contributed by atoms with van der Waals surface area (Å²) in [5.41, 5.74) is 4.74. The normalized spacial score (nSPS) is 11.8. The number of aryl methyl sites for hydroxylation is 1. The maximum atomic E-state index is 13.3. The van der Waals surface area contributed by atoms with E-state index in [1.54, 1.807) is 18.2 Å². The summed E-state index contributed by atoms with van der Waals surface area (Å²) in [6.45, 7) is 1.35. The van der Waals surface area contributed by atoms with Crippen molar-refractivity contribution in [3.8, 4) is 0 Å². The van der Waals surface area contributed by atoms with E-state index in [0.717, 1.165) is 16.3 Å². The molecule has 0 heterocycles. The number of hydrazone groups is 1. The first-order valence-corrected chi connectivity index (χ1v) is 12.9. The summed E-state index contributed by atoms with van der Waals surface area (Å²) in [6, 6.07) is 18.2. The van der Waals surface area contributed by atoms with Crippen LogP contribution < -0.4 is 5.43 Å². The van der Waals surface area contributed by atoms with Crippen molar-refractivity contribution in [2.45, 2.75) is 24.8 Å². The van der Waals surface area contributed by atoms with E-state index in [0.29, 0.717) is 10.6 Å². The first-order chi connectivity index (χ1) is 16.2. The Morgan fingerprint density at radius 3 is 2.18 bits per heavy atom. The van der Waals surface area contributed by atoms with Crippen molar-refractivity contribution in [2.24, 2.45) is 5.10 Å². The van der Waals surface area contributed by atoms with Crippen LogP contribution in [-0.2, 0) is 27.8 Å². The van der Waals surface area contributed by atoms with Crippen molar-refractivity contribution in [2.75, 3.05) is 6.54 Å². The van der Waals surface area contributed by atoms with Gasteiger partial charge in [-0.25, -0.2) is 13.8 Å². The standard InChI is InChI=1S/C24H22Cl3N3O3S/c1-2-17-6-8-18(9-7-17)14-28-29-24(31)16-30(15-21-22(26)4-3-5-23(21)27)34(32,33)20-12-10-19(25)11-13-20/h3-14H,2,15-16H2,1H3,(H,29,31)/b28-14-. The predicted octanol–water partition coefficient (Wildman–Crippen LogP) is 5.55. The third-order valence-electron chi connectivity index (χ3n) is 4.96. The molecule has 0 aliphatic rings. The van der Waals surface area contributed by atoms with Gasteiger partial charge in [0.2, 0.25) is 10.0 Å². The Kier molecular flexibility index (Phi) is 9.10. The molecule has 0 radical (unpaired) electrons. The Morgan fingerprint density at radius 1 is 0.971 bits per heavy atom. The molecule has 178 valence electrons. The maximum absolute atomic E-state index is 13.3. The van der Waals surface area contributed by atoms with Crippen molar-refractivity contribution >= 4 is 56.9 Å². The van der Waals surface area contributed by atoms with Crippen LogP contribution in [0.3, 0.4) is 0 Å². The third-order valence-corrected chi connectivity index (χ3v) is 7.72. The number of nitrogens with one attached hydrogen (secondary N) is 1. The van der Waals surface area contributed by atoms with E-state index < -0.39 is 22.5 Å². The number of hydrogen-bond acceptors (Lipinski definition) is 4. The minimum Gasteiger partial charge on any atom is -0.272 e. The van der Waals surface area contributed by atoms with Crippen LogP contribution in [0.2, 0.25) is 15.1 Å². The molecule has 34 heavy (non-hydrogen) atoms. The molecule has 10 heteroatoms. The fourth-order valence-electron chi connectivity index (χ4n) is 3.05. The number of carbonyl (C=O) groups is 1. The van der Waals surface area contributed by atoms with E-state index in [1.807, 2.05) is 24.3 Å². The van der Waals surface area contributed by atoms with E-state index in [-0.39, 0.29) is 21.5 Å². The van der Waals surface area contributed by atoms with Crippen LogP contribution >= 0.6 is 34.8 Å². The van der Waals surface area contributed by atoms with Crippen LogP contribution in [0, 0.1) is 0 Å². The van der Waals surface area contributed by atoms with Gasteiger partial charge in [0.15, 0.2) is 0 Å². The van der Waals surface area contributed by atoms with Gasteiger partial charge in [-0.1, -0.05) is 72.1 Å². The molecular formula is C24H22Cl3N3O3S. The molecule has 0 unspecified atom stereocenters. The van der Waals surface area contributed by atoms with E-state index in [9.17, 15) is 13.2 Å². The Balaban J connectivity index is 1.81. The summed E-state index contributed by atoms with van der Waals surface area (Å²) in [5, 5.41) is 4.91. The number of amides is 1. The van der Waals surface area contributed by atoms with Crippen molar-refractivity contribution in [3.63, 3.8) is 0 Å². The lowest BCUT2D eigenvalue weighted by atomic mass is 10.1. The van der Waals surface area contributed by atoms with Gasteiger partial charge in [-0.3, -0.25) is 4.79 Å². The molecule has 6 nitrogen and oxygen atoms in total. The van der Waals surface area contributed by atoms with Gasteiger partial charge in [0.25, 0.3) is 5.91 Å². The van der Waals surface area contributed by atoms with Gasteiger partial charge >= 0.3 is 0 Å². The number of carbonyl (C=O) groups excluding carboxylic acids is 1. The molecule has 0 fully saturated rings. The molecule has 0 atom stereocenters. The number of rotatable bonds is 9. The van der Waals surface area contributed by atoms with Crippen LogP contribution in [0.15, 0.2) is 76.7 Å². The van der Waals surface area contributed by atoms with Crippen LogP contribution in [0.1, 0.15) is 23.6 Å². The molecule has 0 saturated carbocycles. The quantitative estimate of drug-likeness (QED) is 0.287. The van der Waals surface area contributed by atoms with E-state index in [1.165, 1.54) is 36.0 Å². The molecule has 0 bridgehead atoms. The van der Waals surface area contributed by atoms with Gasteiger partial charge in [-0.05, 0) is 53.9 Å². The molecule has 0 saturated heterocycles. The Labute approximate surface area is 214 Å². The van der Waals surface area contributed by atoms with Crippen LogP contribution in [0.25, 0.3) is 0 Å². The molecule has 0 aliphatic heterocycles. The smallest absolute Gasteiger partial charge is 0.255 e. The second-order valence-electron chi connectivity index (χ2n) is 7.32. The second-order valence-corrected chi connectivity index (χ2v) is 10.5. The van der Waals surface area contributed by atoms with Crippen molar-refractivity contribution in [1.82, 2.24) is 9.73 Å². The summed E-state index contributed by atoms with van der Waals surface area (Å²) in [7, 11) is -4.08. The molecule has 3 aromatic carbocycles. The fraction of sp³-hybridized carbons (Fsp3) is 0.167. The summed E-state index contributed by atoms with van der Waals surface area (Å²) >= 11 is 18.4. The molecule has 3 aromatic rings. The lowest BCUT2D eigenvalue weighted by Gasteiger charge is -2.22. The average molecular weight is 539 g/mol. The van der Waals surface area contributed by atoms with Crippen LogP contribution in [0.5, 0.6) is 0 Å². The SMILES string of the molecule is CCc1ccc(/C=N\NC(=O)CN(Cc2c(Cl)cccc2Cl)S(=O)(=O)c2ccc(Cl)cc2)cc1. The van der Waals surface area contributed by atoms with Gasteiger partial charge in [0.1, 0.15) is 0 Å². The number of halogens is 3. The van der Waals surface area contributed by atoms with Gasteiger partial charge < -0.3 is 0 Å². The highest BCUT2D eigenvalue weighted by atomic mass is 35.5. The summed E-state index contributed by atoms with van der Waals surface area (Å²) in [6.07, 6.45) is 2.40. The zero-order valence-electron chi connectivity index (χ0n) is 18.2. The van der Waals surface area contributed by atoms with Gasteiger partial charge in [0, 0.05) is 27.2 Å². The Morgan fingerprint density at radius 2 is 1.59 bits per heavy atom. The summed E-state index contributed by atoms with van der Waals surface area (Å²) in [5.74, 6) is -0.623. The second kappa shape index (κ2) is 11.8. The highest BCUT2D eigenvalue weighted by Crippen LogP contribution is 2.28. The van der Waals surface area contributed by atoms with Gasteiger partial charge in [-0.2, -0.15) is 9.41 Å². The van der Waals surface area contributed by atoms with Crippen molar-refractivity contribution < 1.29 is 13.2 Å². The van der Waals surface area contributed by atoms with Gasteiger partial charge in [0.05, 0.1) is 17.7 Å². The Hall–Kier alpha value is -2.42. The highest BCUT2D eigenvalue weighted by Gasteiger charge is 2.28. The summed E-state index contributed by atoms with van der Waals surface area (Å²) in [4.78, 5) is 12.6. The number of hydrogen-bond donors (Lipinski definition) is 1.